The van der Waals surface area contributed by atoms with Crippen LogP contribution in [-0.2, 0) is 17.9 Å². The first kappa shape index (κ1) is 14.1. The molecule has 0 radical (unpaired) electrons. The summed E-state index contributed by atoms with van der Waals surface area (Å²) in [4.78, 5) is 12.0. The van der Waals surface area contributed by atoms with Crippen LogP contribution in [0.5, 0.6) is 0 Å². The first-order chi connectivity index (χ1) is 9.11. The third-order valence-electron chi connectivity index (χ3n) is 3.90. The second-order valence-electron chi connectivity index (χ2n) is 5.39. The van der Waals surface area contributed by atoms with E-state index in [1.165, 1.54) is 18.4 Å². The predicted octanol–water partition coefficient (Wildman–Crippen LogP) is 1.28. The molecule has 0 saturated heterocycles. The Labute approximate surface area is 114 Å². The first-order valence-corrected chi connectivity index (χ1v) is 7.08. The van der Waals surface area contributed by atoms with Gasteiger partial charge in [0.1, 0.15) is 6.54 Å². The summed E-state index contributed by atoms with van der Waals surface area (Å²) in [5, 5.41) is 10.7. The Morgan fingerprint density at radius 3 is 2.68 bits per heavy atom. The van der Waals surface area contributed by atoms with Crippen molar-refractivity contribution in [3.63, 3.8) is 0 Å². The molecule has 5 nitrogen and oxygen atoms in total. The van der Waals surface area contributed by atoms with Gasteiger partial charge < -0.3 is 10.6 Å². The number of aryl methyl sites for hydroxylation is 1. The number of nitrogens with zero attached hydrogens (tertiary/aromatic N) is 2. The van der Waals surface area contributed by atoms with Crippen molar-refractivity contribution in [3.05, 3.63) is 17.0 Å². The largest absolute Gasteiger partial charge is 0.352 e. The predicted molar refractivity (Wildman–Crippen MR) is 74.9 cm³/mol. The Morgan fingerprint density at radius 2 is 2.05 bits per heavy atom. The molecule has 1 aromatic rings. The van der Waals surface area contributed by atoms with Gasteiger partial charge in [-0.15, -0.1) is 0 Å². The lowest BCUT2D eigenvalue weighted by molar-refractivity contribution is -0.122. The SMILES string of the molecule is CNCc1c(C)nn(CC(=O)NC2CCCC2)c1C. The summed E-state index contributed by atoms with van der Waals surface area (Å²) in [6.45, 7) is 5.13. The minimum atomic E-state index is 0.0773. The fourth-order valence-electron chi connectivity index (χ4n) is 2.80. The van der Waals surface area contributed by atoms with Crippen molar-refractivity contribution in [3.8, 4) is 0 Å². The molecule has 106 valence electrons. The lowest BCUT2D eigenvalue weighted by Crippen LogP contribution is -2.35. The molecular formula is C14H24N4O. The third-order valence-corrected chi connectivity index (χ3v) is 3.90. The highest BCUT2D eigenvalue weighted by atomic mass is 16.2. The van der Waals surface area contributed by atoms with Gasteiger partial charge in [0, 0.05) is 23.8 Å². The Hall–Kier alpha value is -1.36. The molecule has 2 N–H and O–H groups in total. The van der Waals surface area contributed by atoms with Gasteiger partial charge in [-0.25, -0.2) is 0 Å². The molecule has 0 bridgehead atoms. The van der Waals surface area contributed by atoms with Gasteiger partial charge in [0.2, 0.25) is 5.91 Å². The summed E-state index contributed by atoms with van der Waals surface area (Å²) < 4.78 is 1.81. The molecule has 1 aliphatic rings. The zero-order chi connectivity index (χ0) is 13.8. The standard InChI is InChI=1S/C14H24N4O/c1-10-13(8-15-3)11(2)18(17-10)9-14(19)16-12-6-4-5-7-12/h12,15H,4-9H2,1-3H3,(H,16,19). The van der Waals surface area contributed by atoms with Crippen molar-refractivity contribution in [2.24, 2.45) is 0 Å². The lowest BCUT2D eigenvalue weighted by Gasteiger charge is -2.12. The maximum absolute atomic E-state index is 12.0. The van der Waals surface area contributed by atoms with Crippen LogP contribution in [0.15, 0.2) is 0 Å². The van der Waals surface area contributed by atoms with E-state index in [0.29, 0.717) is 12.6 Å². The van der Waals surface area contributed by atoms with Crippen LogP contribution in [0.25, 0.3) is 0 Å². The number of rotatable bonds is 5. The number of carbonyl (C=O) groups is 1. The number of nitrogens with one attached hydrogen (secondary N) is 2. The first-order valence-electron chi connectivity index (χ1n) is 7.08. The average molecular weight is 264 g/mol. The minimum absolute atomic E-state index is 0.0773. The lowest BCUT2D eigenvalue weighted by atomic mass is 10.2. The number of aromatic nitrogens is 2. The molecular weight excluding hydrogens is 240 g/mol. The van der Waals surface area contributed by atoms with Gasteiger partial charge in [0.05, 0.1) is 5.69 Å². The second kappa shape index (κ2) is 6.19. The molecule has 0 unspecified atom stereocenters. The monoisotopic (exact) mass is 264 g/mol. The summed E-state index contributed by atoms with van der Waals surface area (Å²) in [6.07, 6.45) is 4.70. The zero-order valence-electron chi connectivity index (χ0n) is 12.1. The van der Waals surface area contributed by atoms with E-state index in [1.54, 1.807) is 0 Å². The van der Waals surface area contributed by atoms with Crippen molar-refractivity contribution < 1.29 is 4.79 Å². The van der Waals surface area contributed by atoms with Gasteiger partial charge in [-0.3, -0.25) is 9.48 Å². The summed E-state index contributed by atoms with van der Waals surface area (Å²) in [5.74, 6) is 0.0773. The Balaban J connectivity index is 1.98. The molecule has 1 aromatic heterocycles. The molecule has 0 aromatic carbocycles. The molecule has 5 heteroatoms. The highest BCUT2D eigenvalue weighted by molar-refractivity contribution is 5.76. The smallest absolute Gasteiger partial charge is 0.241 e. The van der Waals surface area contributed by atoms with Crippen molar-refractivity contribution in [2.45, 2.75) is 58.7 Å². The molecule has 1 aliphatic carbocycles. The van der Waals surface area contributed by atoms with E-state index in [1.807, 2.05) is 25.6 Å². The molecule has 1 saturated carbocycles. The molecule has 1 fully saturated rings. The van der Waals surface area contributed by atoms with Crippen LogP contribution >= 0.6 is 0 Å². The number of carbonyl (C=O) groups excluding carboxylic acids is 1. The van der Waals surface area contributed by atoms with E-state index in [4.69, 9.17) is 0 Å². The molecule has 1 heterocycles. The summed E-state index contributed by atoms with van der Waals surface area (Å²) in [7, 11) is 1.92. The minimum Gasteiger partial charge on any atom is -0.352 e. The molecule has 0 aliphatic heterocycles. The second-order valence-corrected chi connectivity index (χ2v) is 5.39. The van der Waals surface area contributed by atoms with E-state index < -0.39 is 0 Å². The zero-order valence-corrected chi connectivity index (χ0v) is 12.1. The van der Waals surface area contributed by atoms with Gasteiger partial charge in [0.25, 0.3) is 0 Å². The number of hydrogen-bond acceptors (Lipinski definition) is 3. The van der Waals surface area contributed by atoms with Crippen LogP contribution in [0, 0.1) is 13.8 Å². The van der Waals surface area contributed by atoms with E-state index >= 15 is 0 Å². The van der Waals surface area contributed by atoms with E-state index in [-0.39, 0.29) is 5.91 Å². The summed E-state index contributed by atoms with van der Waals surface area (Å²) in [6, 6.07) is 0.376. The van der Waals surface area contributed by atoms with Crippen LogP contribution in [0.4, 0.5) is 0 Å². The Morgan fingerprint density at radius 1 is 1.37 bits per heavy atom. The van der Waals surface area contributed by atoms with Crippen LogP contribution in [0.2, 0.25) is 0 Å². The molecule has 0 spiro atoms. The van der Waals surface area contributed by atoms with Crippen LogP contribution in [0.1, 0.15) is 42.6 Å². The molecule has 0 atom stereocenters. The highest BCUT2D eigenvalue weighted by Gasteiger charge is 2.18. The van der Waals surface area contributed by atoms with Crippen LogP contribution in [0.3, 0.4) is 0 Å². The Bertz CT molecular complexity index is 447. The van der Waals surface area contributed by atoms with E-state index in [2.05, 4.69) is 15.7 Å². The van der Waals surface area contributed by atoms with Crippen molar-refractivity contribution in [2.75, 3.05) is 7.05 Å². The normalized spacial score (nSPS) is 15.9. The Kier molecular flexibility index (Phi) is 4.58. The maximum atomic E-state index is 12.0. The van der Waals surface area contributed by atoms with E-state index in [9.17, 15) is 4.79 Å². The molecule has 19 heavy (non-hydrogen) atoms. The fraction of sp³-hybridized carbons (Fsp3) is 0.714. The number of amides is 1. The van der Waals surface area contributed by atoms with Crippen molar-refractivity contribution >= 4 is 5.91 Å². The fourth-order valence-corrected chi connectivity index (χ4v) is 2.80. The topological polar surface area (TPSA) is 59.0 Å². The summed E-state index contributed by atoms with van der Waals surface area (Å²) in [5.41, 5.74) is 3.27. The highest BCUT2D eigenvalue weighted by Crippen LogP contribution is 2.18. The van der Waals surface area contributed by atoms with Gasteiger partial charge in [-0.1, -0.05) is 12.8 Å². The molecule has 2 rings (SSSR count). The van der Waals surface area contributed by atoms with Gasteiger partial charge >= 0.3 is 0 Å². The number of hydrogen-bond donors (Lipinski definition) is 2. The van der Waals surface area contributed by atoms with Crippen molar-refractivity contribution in [1.82, 2.24) is 20.4 Å². The summed E-state index contributed by atoms with van der Waals surface area (Å²) >= 11 is 0. The van der Waals surface area contributed by atoms with Gasteiger partial charge in [-0.2, -0.15) is 5.10 Å². The average Bonchev–Trinajstić information content (AvgIpc) is 2.94. The van der Waals surface area contributed by atoms with Crippen LogP contribution in [-0.4, -0.2) is 28.8 Å². The van der Waals surface area contributed by atoms with Crippen LogP contribution < -0.4 is 10.6 Å². The molecule has 1 amide bonds. The van der Waals surface area contributed by atoms with Gasteiger partial charge in [0.15, 0.2) is 0 Å². The van der Waals surface area contributed by atoms with E-state index in [0.717, 1.165) is 30.8 Å². The van der Waals surface area contributed by atoms with Gasteiger partial charge in [-0.05, 0) is 33.7 Å². The third kappa shape index (κ3) is 3.35. The quantitative estimate of drug-likeness (QED) is 0.842. The van der Waals surface area contributed by atoms with Crippen molar-refractivity contribution in [1.29, 1.82) is 0 Å². The maximum Gasteiger partial charge on any atom is 0.241 e.